The molecule has 34 heavy (non-hydrogen) atoms. The molecule has 0 atom stereocenters. The van der Waals surface area contributed by atoms with E-state index in [9.17, 15) is 18.0 Å². The van der Waals surface area contributed by atoms with Gasteiger partial charge in [-0.1, -0.05) is 24.3 Å². The summed E-state index contributed by atoms with van der Waals surface area (Å²) in [6.45, 7) is 3.28. The van der Waals surface area contributed by atoms with Crippen molar-refractivity contribution in [2.75, 3.05) is 33.4 Å². The van der Waals surface area contributed by atoms with Crippen molar-refractivity contribution in [1.82, 2.24) is 8.87 Å². The van der Waals surface area contributed by atoms with Crippen molar-refractivity contribution in [2.45, 2.75) is 24.8 Å². The summed E-state index contributed by atoms with van der Waals surface area (Å²) in [7, 11) is -2.35. The van der Waals surface area contributed by atoms with Crippen LogP contribution in [0.15, 0.2) is 52.4 Å². The third-order valence-corrected chi connectivity index (χ3v) is 8.53. The second-order valence-electron chi connectivity index (χ2n) is 7.66. The number of sulfonamides is 1. The van der Waals surface area contributed by atoms with Gasteiger partial charge >= 0.3 is 5.97 Å². The number of carbonyl (C=O) groups is 2. The fraction of sp³-hybridized carbons (Fsp3) is 0.348. The number of morpholine rings is 1. The lowest BCUT2D eigenvalue weighted by Gasteiger charge is -2.26. The number of aryl methyl sites for hydroxylation is 1. The highest BCUT2D eigenvalue weighted by atomic mass is 32.2. The van der Waals surface area contributed by atoms with Crippen molar-refractivity contribution >= 4 is 43.5 Å². The van der Waals surface area contributed by atoms with E-state index in [1.807, 2.05) is 18.2 Å². The number of rotatable bonds is 6. The number of esters is 1. The van der Waals surface area contributed by atoms with Crippen molar-refractivity contribution in [2.24, 2.45) is 4.99 Å². The number of thiazole rings is 1. The lowest BCUT2D eigenvalue weighted by atomic mass is 10.2. The molecule has 2 aromatic carbocycles. The van der Waals surface area contributed by atoms with Crippen LogP contribution in [0.2, 0.25) is 0 Å². The molecule has 9 nitrogen and oxygen atoms in total. The van der Waals surface area contributed by atoms with Gasteiger partial charge in [0.25, 0.3) is 5.91 Å². The summed E-state index contributed by atoms with van der Waals surface area (Å²) >= 11 is 1.31. The maximum atomic E-state index is 12.9. The molecular formula is C23H25N3O6S2. The molecule has 4 rings (SSSR count). The van der Waals surface area contributed by atoms with Gasteiger partial charge < -0.3 is 14.0 Å². The summed E-state index contributed by atoms with van der Waals surface area (Å²) in [5, 5.41) is 0. The van der Waals surface area contributed by atoms with E-state index in [0.717, 1.165) is 22.2 Å². The van der Waals surface area contributed by atoms with Gasteiger partial charge in [-0.05, 0) is 48.4 Å². The number of methoxy groups -OCH3 is 1. The number of aromatic nitrogens is 1. The summed E-state index contributed by atoms with van der Waals surface area (Å²) < 4.78 is 39.6. The molecule has 0 N–H and O–H groups in total. The Morgan fingerprint density at radius 3 is 2.47 bits per heavy atom. The molecule has 0 radical (unpaired) electrons. The van der Waals surface area contributed by atoms with Crippen LogP contribution in [0.25, 0.3) is 10.2 Å². The van der Waals surface area contributed by atoms with E-state index < -0.39 is 21.9 Å². The fourth-order valence-corrected chi connectivity index (χ4v) is 6.13. The minimum absolute atomic E-state index is 0.0786. The molecule has 1 amide bonds. The van der Waals surface area contributed by atoms with Crippen molar-refractivity contribution in [3.05, 3.63) is 58.4 Å². The Kier molecular flexibility index (Phi) is 7.27. The normalized spacial score (nSPS) is 15.5. The zero-order chi connectivity index (χ0) is 24.3. The monoisotopic (exact) mass is 503 g/mol. The Morgan fingerprint density at radius 2 is 1.82 bits per heavy atom. The SMILES string of the molecule is CCc1ccc2c(c1)sc(=NC(=O)c1ccc(S(=O)(=O)N3CCOCC3)cc1)n2CC(=O)OC. The molecule has 1 aliphatic heterocycles. The van der Waals surface area contributed by atoms with Crippen molar-refractivity contribution < 1.29 is 27.5 Å². The highest BCUT2D eigenvalue weighted by Gasteiger charge is 2.26. The standard InChI is InChI=1S/C23H25N3O6S2/c1-3-16-4-9-19-20(14-16)33-23(26(19)15-21(27)31-2)24-22(28)17-5-7-18(8-6-17)34(29,30)25-10-12-32-13-11-25/h4-9,14H,3,10-13,15H2,1-2H3. The molecule has 0 aliphatic carbocycles. The highest BCUT2D eigenvalue weighted by molar-refractivity contribution is 7.89. The maximum absolute atomic E-state index is 12.9. The average Bonchev–Trinajstić information content (AvgIpc) is 3.20. The number of benzene rings is 2. The lowest BCUT2D eigenvalue weighted by Crippen LogP contribution is -2.40. The Balaban J connectivity index is 1.67. The predicted molar refractivity (Wildman–Crippen MR) is 127 cm³/mol. The summed E-state index contributed by atoms with van der Waals surface area (Å²) in [5.41, 5.74) is 2.16. The van der Waals surface area contributed by atoms with Gasteiger partial charge in [0.15, 0.2) is 4.80 Å². The number of nitrogens with zero attached hydrogens (tertiary/aromatic N) is 3. The van der Waals surface area contributed by atoms with Gasteiger partial charge in [-0.25, -0.2) is 8.42 Å². The van der Waals surface area contributed by atoms with Gasteiger partial charge in [-0.2, -0.15) is 9.30 Å². The highest BCUT2D eigenvalue weighted by Crippen LogP contribution is 2.21. The molecule has 1 aliphatic rings. The van der Waals surface area contributed by atoms with E-state index in [1.165, 1.54) is 47.0 Å². The van der Waals surface area contributed by atoms with Crippen LogP contribution in [0.1, 0.15) is 22.8 Å². The lowest BCUT2D eigenvalue weighted by molar-refractivity contribution is -0.141. The molecule has 1 saturated heterocycles. The van der Waals surface area contributed by atoms with Crippen LogP contribution in [0.3, 0.4) is 0 Å². The third kappa shape index (κ3) is 4.97. The van der Waals surface area contributed by atoms with Crippen molar-refractivity contribution in [3.8, 4) is 0 Å². The van der Waals surface area contributed by atoms with Crippen molar-refractivity contribution in [3.63, 3.8) is 0 Å². The topological polar surface area (TPSA) is 107 Å². The molecule has 2 heterocycles. The number of ether oxygens (including phenoxy) is 2. The van der Waals surface area contributed by atoms with Gasteiger partial charge in [0, 0.05) is 18.7 Å². The average molecular weight is 504 g/mol. The van der Waals surface area contributed by atoms with Gasteiger partial charge in [-0.15, -0.1) is 0 Å². The van der Waals surface area contributed by atoms with Crippen LogP contribution in [-0.4, -0.2) is 62.6 Å². The van der Waals surface area contributed by atoms with Crippen molar-refractivity contribution in [1.29, 1.82) is 0 Å². The molecule has 0 unspecified atom stereocenters. The minimum Gasteiger partial charge on any atom is -0.468 e. The van der Waals surface area contributed by atoms with E-state index in [1.54, 1.807) is 4.57 Å². The quantitative estimate of drug-likeness (QED) is 0.478. The van der Waals surface area contributed by atoms with Crippen LogP contribution in [0, 0.1) is 0 Å². The molecule has 11 heteroatoms. The Labute approximate surface area is 201 Å². The molecule has 1 fully saturated rings. The molecule has 0 saturated carbocycles. The fourth-order valence-electron chi connectivity index (χ4n) is 3.63. The number of carbonyl (C=O) groups excluding carboxylic acids is 2. The molecule has 1 aromatic heterocycles. The number of hydrogen-bond donors (Lipinski definition) is 0. The van der Waals surface area contributed by atoms with Gasteiger partial charge in [-0.3, -0.25) is 9.59 Å². The third-order valence-electron chi connectivity index (χ3n) is 5.58. The molecule has 0 spiro atoms. The minimum atomic E-state index is -3.65. The van der Waals surface area contributed by atoms with Crippen LogP contribution < -0.4 is 4.80 Å². The molecule has 0 bridgehead atoms. The first kappa shape index (κ1) is 24.3. The maximum Gasteiger partial charge on any atom is 0.325 e. The smallest absolute Gasteiger partial charge is 0.325 e. The summed E-state index contributed by atoms with van der Waals surface area (Å²) in [6, 6.07) is 11.6. The molecule has 3 aromatic rings. The summed E-state index contributed by atoms with van der Waals surface area (Å²) in [6.07, 6.45) is 0.857. The first-order valence-electron chi connectivity index (χ1n) is 10.8. The van der Waals surface area contributed by atoms with Gasteiger partial charge in [0.05, 0.1) is 35.4 Å². The van der Waals surface area contributed by atoms with E-state index in [2.05, 4.69) is 11.9 Å². The first-order valence-corrected chi connectivity index (χ1v) is 13.0. The van der Waals surface area contributed by atoms with E-state index in [0.29, 0.717) is 31.1 Å². The van der Waals surface area contributed by atoms with Gasteiger partial charge in [0.2, 0.25) is 10.0 Å². The van der Waals surface area contributed by atoms with Crippen LogP contribution >= 0.6 is 11.3 Å². The second-order valence-corrected chi connectivity index (χ2v) is 10.6. The predicted octanol–water partition coefficient (Wildman–Crippen LogP) is 2.20. The second kappa shape index (κ2) is 10.2. The van der Waals surface area contributed by atoms with Gasteiger partial charge in [0.1, 0.15) is 6.54 Å². The Morgan fingerprint density at radius 1 is 1.12 bits per heavy atom. The first-order chi connectivity index (χ1) is 16.3. The van der Waals surface area contributed by atoms with E-state index >= 15 is 0 Å². The zero-order valence-electron chi connectivity index (χ0n) is 18.9. The van der Waals surface area contributed by atoms with E-state index in [-0.39, 0.29) is 17.0 Å². The number of amides is 1. The Bertz CT molecular complexity index is 1380. The van der Waals surface area contributed by atoms with Crippen LogP contribution in [0.4, 0.5) is 0 Å². The Hall–Kier alpha value is -2.86. The number of fused-ring (bicyclic) bond motifs is 1. The van der Waals surface area contributed by atoms with Crippen LogP contribution in [-0.2, 0) is 37.3 Å². The zero-order valence-corrected chi connectivity index (χ0v) is 20.5. The number of hydrogen-bond acceptors (Lipinski definition) is 7. The summed E-state index contributed by atoms with van der Waals surface area (Å²) in [5.74, 6) is -0.984. The van der Waals surface area contributed by atoms with Crippen LogP contribution in [0.5, 0.6) is 0 Å². The summed E-state index contributed by atoms with van der Waals surface area (Å²) in [4.78, 5) is 29.6. The largest absolute Gasteiger partial charge is 0.468 e. The molecule has 180 valence electrons. The van der Waals surface area contributed by atoms with E-state index in [4.69, 9.17) is 9.47 Å². The molecular weight excluding hydrogens is 478 g/mol.